The Bertz CT molecular complexity index is 728. The third kappa shape index (κ3) is 2.11. The predicted octanol–water partition coefficient (Wildman–Crippen LogP) is 2.22. The predicted molar refractivity (Wildman–Crippen MR) is 77.9 cm³/mol. The van der Waals surface area contributed by atoms with E-state index in [1.807, 2.05) is 36.9 Å². The number of rotatable bonds is 4. The zero-order chi connectivity index (χ0) is 14.1. The fourth-order valence-electron chi connectivity index (χ4n) is 2.60. The number of nitrogens with one attached hydrogen (secondary N) is 1. The van der Waals surface area contributed by atoms with Crippen molar-refractivity contribution < 1.29 is 4.42 Å². The van der Waals surface area contributed by atoms with E-state index in [1.54, 1.807) is 6.26 Å². The molecule has 5 heteroatoms. The third-order valence-corrected chi connectivity index (χ3v) is 3.65. The molecule has 1 aromatic carbocycles. The number of para-hydroxylation sites is 1. The van der Waals surface area contributed by atoms with Crippen LogP contribution in [0.2, 0.25) is 0 Å². The van der Waals surface area contributed by atoms with E-state index in [2.05, 4.69) is 22.7 Å². The smallest absolute Gasteiger partial charge is 0.125 e. The van der Waals surface area contributed by atoms with E-state index < -0.39 is 0 Å². The molecule has 104 valence electrons. The lowest BCUT2D eigenvalue weighted by molar-refractivity contribution is 0.411. The minimum atomic E-state index is -0.0803. The number of nitrogens with zero attached hydrogens (tertiary/aromatic N) is 2. The fourth-order valence-corrected chi connectivity index (χ4v) is 2.60. The highest BCUT2D eigenvalue weighted by molar-refractivity contribution is 5.81. The molecule has 0 saturated heterocycles. The Labute approximate surface area is 117 Å². The van der Waals surface area contributed by atoms with Gasteiger partial charge in [0.25, 0.3) is 0 Å². The van der Waals surface area contributed by atoms with Crippen molar-refractivity contribution in [2.45, 2.75) is 19.4 Å². The molecule has 0 aliphatic heterocycles. The molecule has 0 spiro atoms. The first-order chi connectivity index (χ1) is 9.70. The van der Waals surface area contributed by atoms with Gasteiger partial charge in [0.2, 0.25) is 0 Å². The molecule has 2 heterocycles. The zero-order valence-corrected chi connectivity index (χ0v) is 11.6. The molecular formula is C15H18N4O. The first-order valence-corrected chi connectivity index (χ1v) is 6.61. The molecule has 0 saturated carbocycles. The number of furan rings is 1. The molecule has 0 radical (unpaired) electrons. The van der Waals surface area contributed by atoms with Crippen molar-refractivity contribution in [1.29, 1.82) is 0 Å². The Morgan fingerprint density at radius 1 is 1.35 bits per heavy atom. The standard InChI is InChI=1S/C15H18N4O/c1-10-7-8-20-15(10)13(17-16)9-12-11-5-3-4-6-14(11)19(2)18-12/h3-8,13,17H,9,16H2,1-2H3. The van der Waals surface area contributed by atoms with Gasteiger partial charge in [-0.3, -0.25) is 10.5 Å². The summed E-state index contributed by atoms with van der Waals surface area (Å²) in [5.41, 5.74) is 6.05. The Hall–Kier alpha value is -2.11. The number of fused-ring (bicyclic) bond motifs is 1. The van der Waals surface area contributed by atoms with Crippen molar-refractivity contribution in [3.8, 4) is 0 Å². The molecule has 0 fully saturated rings. The van der Waals surface area contributed by atoms with E-state index in [-0.39, 0.29) is 6.04 Å². The van der Waals surface area contributed by atoms with E-state index in [9.17, 15) is 0 Å². The summed E-state index contributed by atoms with van der Waals surface area (Å²) in [6.07, 6.45) is 2.37. The highest BCUT2D eigenvalue weighted by atomic mass is 16.3. The van der Waals surface area contributed by atoms with Crippen LogP contribution in [0, 0.1) is 6.92 Å². The van der Waals surface area contributed by atoms with E-state index in [1.165, 1.54) is 0 Å². The molecule has 3 rings (SSSR count). The van der Waals surface area contributed by atoms with Crippen LogP contribution in [0.5, 0.6) is 0 Å². The van der Waals surface area contributed by atoms with Gasteiger partial charge in [-0.1, -0.05) is 18.2 Å². The minimum Gasteiger partial charge on any atom is -0.467 e. The summed E-state index contributed by atoms with van der Waals surface area (Å²) in [4.78, 5) is 0. The van der Waals surface area contributed by atoms with Crippen LogP contribution in [0.1, 0.15) is 23.1 Å². The second-order valence-electron chi connectivity index (χ2n) is 4.98. The maximum absolute atomic E-state index is 5.69. The van der Waals surface area contributed by atoms with E-state index in [0.717, 1.165) is 27.9 Å². The van der Waals surface area contributed by atoms with Gasteiger partial charge in [0, 0.05) is 18.9 Å². The largest absolute Gasteiger partial charge is 0.467 e. The van der Waals surface area contributed by atoms with Crippen LogP contribution in [0.3, 0.4) is 0 Å². The van der Waals surface area contributed by atoms with Crippen LogP contribution in [-0.2, 0) is 13.5 Å². The Morgan fingerprint density at radius 3 is 2.85 bits per heavy atom. The Morgan fingerprint density at radius 2 is 2.15 bits per heavy atom. The van der Waals surface area contributed by atoms with Gasteiger partial charge in [0.15, 0.2) is 0 Å². The summed E-state index contributed by atoms with van der Waals surface area (Å²) in [5, 5.41) is 5.75. The quantitative estimate of drug-likeness (QED) is 0.563. The van der Waals surface area contributed by atoms with Crippen molar-refractivity contribution in [2.24, 2.45) is 12.9 Å². The third-order valence-electron chi connectivity index (χ3n) is 3.65. The highest BCUT2D eigenvalue weighted by Crippen LogP contribution is 2.25. The monoisotopic (exact) mass is 270 g/mol. The minimum absolute atomic E-state index is 0.0803. The average Bonchev–Trinajstić information content (AvgIpc) is 3.01. The summed E-state index contributed by atoms with van der Waals surface area (Å²) >= 11 is 0. The lowest BCUT2D eigenvalue weighted by atomic mass is 10.0. The molecular weight excluding hydrogens is 252 g/mol. The number of hydrogen-bond donors (Lipinski definition) is 2. The summed E-state index contributed by atoms with van der Waals surface area (Å²) < 4.78 is 7.43. The number of aromatic nitrogens is 2. The molecule has 0 aliphatic carbocycles. The molecule has 1 unspecified atom stereocenters. The van der Waals surface area contributed by atoms with E-state index in [0.29, 0.717) is 6.42 Å². The van der Waals surface area contributed by atoms with E-state index in [4.69, 9.17) is 10.3 Å². The SMILES string of the molecule is Cc1ccoc1C(Cc1nn(C)c2ccccc12)NN. The molecule has 0 amide bonds. The van der Waals surface area contributed by atoms with Gasteiger partial charge in [-0.2, -0.15) is 5.10 Å². The van der Waals surface area contributed by atoms with Crippen LogP contribution in [0.25, 0.3) is 10.9 Å². The number of hydrogen-bond acceptors (Lipinski definition) is 4. The van der Waals surface area contributed by atoms with E-state index >= 15 is 0 Å². The van der Waals surface area contributed by atoms with Gasteiger partial charge < -0.3 is 4.42 Å². The van der Waals surface area contributed by atoms with Crippen molar-refractivity contribution in [1.82, 2.24) is 15.2 Å². The van der Waals surface area contributed by atoms with Crippen molar-refractivity contribution in [2.75, 3.05) is 0 Å². The first-order valence-electron chi connectivity index (χ1n) is 6.61. The number of hydrazine groups is 1. The van der Waals surface area contributed by atoms with Gasteiger partial charge in [-0.05, 0) is 24.6 Å². The fraction of sp³-hybridized carbons (Fsp3) is 0.267. The topological polar surface area (TPSA) is 69.0 Å². The number of benzene rings is 1. The highest BCUT2D eigenvalue weighted by Gasteiger charge is 2.19. The normalized spacial score (nSPS) is 12.9. The summed E-state index contributed by atoms with van der Waals surface area (Å²) in [6.45, 7) is 2.01. The lowest BCUT2D eigenvalue weighted by Crippen LogP contribution is -2.29. The molecule has 1 atom stereocenters. The molecule has 5 nitrogen and oxygen atoms in total. The van der Waals surface area contributed by atoms with Crippen molar-refractivity contribution >= 4 is 10.9 Å². The van der Waals surface area contributed by atoms with Crippen LogP contribution < -0.4 is 11.3 Å². The maximum Gasteiger partial charge on any atom is 0.125 e. The van der Waals surface area contributed by atoms with Crippen molar-refractivity contribution in [3.63, 3.8) is 0 Å². The zero-order valence-electron chi connectivity index (χ0n) is 11.6. The van der Waals surface area contributed by atoms with Gasteiger partial charge in [0.1, 0.15) is 5.76 Å². The lowest BCUT2D eigenvalue weighted by Gasteiger charge is -2.13. The number of aryl methyl sites for hydroxylation is 2. The van der Waals surface area contributed by atoms with Crippen LogP contribution in [-0.4, -0.2) is 9.78 Å². The van der Waals surface area contributed by atoms with Gasteiger partial charge in [0.05, 0.1) is 23.5 Å². The second kappa shape index (κ2) is 5.11. The van der Waals surface area contributed by atoms with Gasteiger partial charge in [-0.25, -0.2) is 5.43 Å². The molecule has 3 N–H and O–H groups in total. The van der Waals surface area contributed by atoms with Crippen LogP contribution in [0.15, 0.2) is 41.0 Å². The summed E-state index contributed by atoms with van der Waals surface area (Å²) in [6, 6.07) is 10.0. The van der Waals surface area contributed by atoms with Crippen LogP contribution >= 0.6 is 0 Å². The molecule has 2 aromatic heterocycles. The number of nitrogens with two attached hydrogens (primary N) is 1. The van der Waals surface area contributed by atoms with Gasteiger partial charge in [-0.15, -0.1) is 0 Å². The molecule has 3 aromatic rings. The average molecular weight is 270 g/mol. The first kappa shape index (κ1) is 12.9. The maximum atomic E-state index is 5.69. The molecule has 0 aliphatic rings. The summed E-state index contributed by atoms with van der Waals surface area (Å²) in [7, 11) is 1.95. The summed E-state index contributed by atoms with van der Waals surface area (Å²) in [5.74, 6) is 6.55. The molecule has 0 bridgehead atoms. The van der Waals surface area contributed by atoms with Crippen molar-refractivity contribution in [3.05, 3.63) is 53.6 Å². The Balaban J connectivity index is 1.98. The molecule has 20 heavy (non-hydrogen) atoms. The van der Waals surface area contributed by atoms with Crippen LogP contribution in [0.4, 0.5) is 0 Å². The second-order valence-corrected chi connectivity index (χ2v) is 4.98. The Kier molecular flexibility index (Phi) is 3.30. The van der Waals surface area contributed by atoms with Gasteiger partial charge >= 0.3 is 0 Å².